The highest BCUT2D eigenvalue weighted by atomic mass is 32.1. The van der Waals surface area contributed by atoms with Crippen LogP contribution in [-0.2, 0) is 23.7 Å². The molecule has 140 valence electrons. The van der Waals surface area contributed by atoms with E-state index in [1.807, 2.05) is 0 Å². The predicted molar refractivity (Wildman–Crippen MR) is 90.9 cm³/mol. The zero-order valence-electron chi connectivity index (χ0n) is 14.6. The molecule has 0 spiro atoms. The second-order valence-electron chi connectivity index (χ2n) is 5.80. The summed E-state index contributed by atoms with van der Waals surface area (Å²) in [7, 11) is 4.61. The van der Waals surface area contributed by atoms with E-state index in [0.717, 1.165) is 0 Å². The Morgan fingerprint density at radius 2 is 2.24 bits per heavy atom. The number of carbonyl (C=O) groups is 1. The molecule has 25 heavy (non-hydrogen) atoms. The molecule has 1 fully saturated rings. The van der Waals surface area contributed by atoms with Crippen LogP contribution in [0.4, 0.5) is 0 Å². The Hall–Kier alpha value is -1.59. The minimum atomic E-state index is -1.04. The lowest BCUT2D eigenvalue weighted by atomic mass is 9.95. The molecule has 1 unspecified atom stereocenters. The van der Waals surface area contributed by atoms with Gasteiger partial charge in [-0.2, -0.15) is 0 Å². The van der Waals surface area contributed by atoms with Crippen molar-refractivity contribution in [2.75, 3.05) is 34.5 Å². The molecule has 0 aliphatic carbocycles. The minimum Gasteiger partial charge on any atom is -0.382 e. The summed E-state index contributed by atoms with van der Waals surface area (Å²) < 4.78 is 24.5. The number of amides is 1. The summed E-state index contributed by atoms with van der Waals surface area (Å²) in [5, 5.41) is 2.50. The van der Waals surface area contributed by atoms with Crippen molar-refractivity contribution in [1.29, 1.82) is 0 Å². The van der Waals surface area contributed by atoms with E-state index in [4.69, 9.17) is 31.2 Å². The second-order valence-corrected chi connectivity index (χ2v) is 6.19. The molecule has 2 rings (SSSR count). The quantitative estimate of drug-likeness (QED) is 0.648. The molecule has 4 atom stereocenters. The highest BCUT2D eigenvalue weighted by Gasteiger charge is 2.56. The molecule has 10 heteroatoms. The molecule has 0 aromatic carbocycles. The van der Waals surface area contributed by atoms with Gasteiger partial charge in [-0.1, -0.05) is 0 Å². The van der Waals surface area contributed by atoms with Gasteiger partial charge in [0.05, 0.1) is 6.61 Å². The van der Waals surface area contributed by atoms with E-state index in [1.165, 1.54) is 26.4 Å². The van der Waals surface area contributed by atoms with E-state index < -0.39 is 24.0 Å². The number of aromatic nitrogens is 2. The first-order valence-corrected chi connectivity index (χ1v) is 8.11. The molecular formula is C15H23N3O6S. The summed E-state index contributed by atoms with van der Waals surface area (Å²) in [5.74, 6) is -0.282. The predicted octanol–water partition coefficient (Wildman–Crippen LogP) is -0.0140. The second kappa shape index (κ2) is 8.19. The Bertz CT molecular complexity index is 720. The first-order chi connectivity index (χ1) is 11.9. The number of aromatic amines is 1. The van der Waals surface area contributed by atoms with E-state index in [0.29, 0.717) is 0 Å². The van der Waals surface area contributed by atoms with Gasteiger partial charge in [0.25, 0.3) is 5.56 Å². The average Bonchev–Trinajstić information content (AvgIpc) is 2.85. The molecule has 0 bridgehead atoms. The molecule has 1 aliphatic heterocycles. The maximum Gasteiger partial charge on any atom is 0.251 e. The topological polar surface area (TPSA) is 104 Å². The Morgan fingerprint density at radius 1 is 1.52 bits per heavy atom. The van der Waals surface area contributed by atoms with E-state index >= 15 is 0 Å². The third-order valence-corrected chi connectivity index (χ3v) is 4.49. The van der Waals surface area contributed by atoms with Gasteiger partial charge in [-0.25, -0.2) is 0 Å². The summed E-state index contributed by atoms with van der Waals surface area (Å²) >= 11 is 5.24. The number of hydrogen-bond donors (Lipinski definition) is 2. The number of carbonyl (C=O) groups excluding carboxylic acids is 1. The van der Waals surface area contributed by atoms with Crippen molar-refractivity contribution in [2.45, 2.75) is 31.0 Å². The van der Waals surface area contributed by atoms with Gasteiger partial charge in [-0.05, 0) is 19.1 Å². The minimum absolute atomic E-state index is 0.177. The van der Waals surface area contributed by atoms with Gasteiger partial charge < -0.3 is 24.3 Å². The van der Waals surface area contributed by atoms with Crippen molar-refractivity contribution in [3.63, 3.8) is 0 Å². The molecule has 1 aromatic rings. The van der Waals surface area contributed by atoms with Crippen LogP contribution in [0.5, 0.6) is 0 Å². The first kappa shape index (κ1) is 19.7. The number of likely N-dealkylation sites (N-methyl/N-ethyl adjacent to an activating group) is 1. The van der Waals surface area contributed by atoms with Crippen LogP contribution in [0.15, 0.2) is 17.1 Å². The average molecular weight is 373 g/mol. The number of rotatable bonds is 7. The molecule has 1 aliphatic rings. The highest BCUT2D eigenvalue weighted by molar-refractivity contribution is 7.71. The first-order valence-electron chi connectivity index (χ1n) is 7.70. The third-order valence-electron chi connectivity index (χ3n) is 4.18. The molecule has 1 saturated heterocycles. The lowest BCUT2D eigenvalue weighted by Crippen LogP contribution is -2.49. The lowest BCUT2D eigenvalue weighted by Gasteiger charge is -2.35. The largest absolute Gasteiger partial charge is 0.382 e. The van der Waals surface area contributed by atoms with Crippen LogP contribution in [0.2, 0.25) is 0 Å². The lowest BCUT2D eigenvalue weighted by molar-refractivity contribution is -0.158. The molecule has 2 N–H and O–H groups in total. The van der Waals surface area contributed by atoms with Crippen molar-refractivity contribution in [1.82, 2.24) is 14.9 Å². The third kappa shape index (κ3) is 3.98. The van der Waals surface area contributed by atoms with E-state index in [-0.39, 0.29) is 29.5 Å². The molecule has 2 heterocycles. The number of ether oxygens (including phenoxy) is 4. The number of nitrogens with one attached hydrogen (secondary N) is 2. The number of methoxy groups -OCH3 is 2. The van der Waals surface area contributed by atoms with Gasteiger partial charge in [0.1, 0.15) is 24.4 Å². The SMILES string of the molecule is CNC(=O)CO[C@]1(C)C(OC)[C@@H](COC)O[C@H]1n1ccc(=O)[nH]c1=S. The standard InChI is InChI=1S/C15H23N3O6S/c1-15(23-8-11(20)16-2)12(22-4)9(7-21-3)24-13(15)18-6-5-10(19)17-14(18)25/h5-6,9,12-13H,7-8H2,1-4H3,(H,16,20)(H,17,19,25)/t9-,12?,13-,15-/m1/s1. The normalized spacial score (nSPS) is 28.9. The Morgan fingerprint density at radius 3 is 2.80 bits per heavy atom. The van der Waals surface area contributed by atoms with Crippen LogP contribution >= 0.6 is 12.2 Å². The Kier molecular flexibility index (Phi) is 6.47. The Balaban J connectivity index is 2.43. The summed E-state index contributed by atoms with van der Waals surface area (Å²) in [6, 6.07) is 1.34. The van der Waals surface area contributed by atoms with Crippen molar-refractivity contribution in [2.24, 2.45) is 0 Å². The fourth-order valence-electron chi connectivity index (χ4n) is 2.96. The fraction of sp³-hybridized carbons (Fsp3) is 0.667. The summed E-state index contributed by atoms with van der Waals surface area (Å²) in [6.07, 6.45) is -0.152. The van der Waals surface area contributed by atoms with E-state index in [9.17, 15) is 9.59 Å². The zero-order valence-corrected chi connectivity index (χ0v) is 15.4. The molecule has 1 aromatic heterocycles. The van der Waals surface area contributed by atoms with Crippen LogP contribution in [0.3, 0.4) is 0 Å². The van der Waals surface area contributed by atoms with Crippen LogP contribution in [0.25, 0.3) is 0 Å². The summed E-state index contributed by atoms with van der Waals surface area (Å²) in [5.41, 5.74) is -1.36. The van der Waals surface area contributed by atoms with Gasteiger partial charge in [0.15, 0.2) is 11.0 Å². The molecular weight excluding hydrogens is 350 g/mol. The van der Waals surface area contributed by atoms with Crippen molar-refractivity contribution in [3.05, 3.63) is 27.4 Å². The monoisotopic (exact) mass is 373 g/mol. The molecule has 0 radical (unpaired) electrons. The zero-order chi connectivity index (χ0) is 18.6. The van der Waals surface area contributed by atoms with Crippen LogP contribution in [-0.4, -0.2) is 67.7 Å². The smallest absolute Gasteiger partial charge is 0.251 e. The highest BCUT2D eigenvalue weighted by Crippen LogP contribution is 2.42. The maximum atomic E-state index is 11.7. The summed E-state index contributed by atoms with van der Waals surface area (Å²) in [4.78, 5) is 25.6. The number of H-pyrrole nitrogens is 1. The van der Waals surface area contributed by atoms with Crippen LogP contribution in [0.1, 0.15) is 13.2 Å². The Labute approximate surface area is 150 Å². The molecule has 1 amide bonds. The van der Waals surface area contributed by atoms with Gasteiger partial charge in [0, 0.05) is 33.5 Å². The van der Waals surface area contributed by atoms with Crippen molar-refractivity contribution < 1.29 is 23.7 Å². The van der Waals surface area contributed by atoms with E-state index in [1.54, 1.807) is 18.6 Å². The van der Waals surface area contributed by atoms with Crippen molar-refractivity contribution in [3.8, 4) is 0 Å². The van der Waals surface area contributed by atoms with Crippen LogP contribution in [0, 0.1) is 4.77 Å². The number of hydrogen-bond acceptors (Lipinski definition) is 7. The van der Waals surface area contributed by atoms with Crippen molar-refractivity contribution >= 4 is 18.1 Å². The molecule has 9 nitrogen and oxygen atoms in total. The van der Waals surface area contributed by atoms with Crippen LogP contribution < -0.4 is 10.9 Å². The van der Waals surface area contributed by atoms with E-state index in [2.05, 4.69) is 10.3 Å². The van der Waals surface area contributed by atoms with Gasteiger partial charge >= 0.3 is 0 Å². The fourth-order valence-corrected chi connectivity index (χ4v) is 3.22. The number of nitrogens with zero attached hydrogens (tertiary/aromatic N) is 1. The van der Waals surface area contributed by atoms with Gasteiger partial charge in [0.2, 0.25) is 5.91 Å². The summed E-state index contributed by atoms with van der Waals surface area (Å²) in [6.45, 7) is 1.87. The molecule has 0 saturated carbocycles. The van der Waals surface area contributed by atoms with Gasteiger partial charge in [-0.15, -0.1) is 0 Å². The maximum absolute atomic E-state index is 11.7. The van der Waals surface area contributed by atoms with Gasteiger partial charge in [-0.3, -0.25) is 19.1 Å².